The molecule has 3 rings (SSSR count). The van der Waals surface area contributed by atoms with Gasteiger partial charge in [-0.15, -0.1) is 0 Å². The largest absolute Gasteiger partial charge is 0.467 e. The van der Waals surface area contributed by atoms with E-state index in [-0.39, 0.29) is 53.1 Å². The number of hydrogen-bond donors (Lipinski definition) is 0. The number of hydrogen-bond acceptors (Lipinski definition) is 7. The zero-order chi connectivity index (χ0) is 23.7. The van der Waals surface area contributed by atoms with Crippen LogP contribution >= 0.6 is 11.6 Å². The van der Waals surface area contributed by atoms with E-state index in [9.17, 15) is 26.4 Å². The van der Waals surface area contributed by atoms with E-state index in [1.54, 1.807) is 0 Å². The standard InChI is InChI=1S/C18H20ClF3N4O5S/c1-11-15(12(2)31-24-11)32(28,29)26-5-3-4-25(6-7-26)17(27)13-8-14(19)16(23-9-13)30-10-18(20,21)22/h8-9H,3-7,10H2,1-2H3. The fraction of sp³-hybridized carbons (Fsp3) is 0.500. The number of amides is 1. The van der Waals surface area contributed by atoms with Crippen molar-refractivity contribution >= 4 is 27.5 Å². The molecule has 0 saturated carbocycles. The monoisotopic (exact) mass is 496 g/mol. The third kappa shape index (κ3) is 5.33. The summed E-state index contributed by atoms with van der Waals surface area (Å²) in [5, 5.41) is 3.45. The molecule has 1 fully saturated rings. The molecule has 0 radical (unpaired) electrons. The molecule has 32 heavy (non-hydrogen) atoms. The molecular weight excluding hydrogens is 477 g/mol. The van der Waals surface area contributed by atoms with E-state index in [0.717, 1.165) is 6.20 Å². The van der Waals surface area contributed by atoms with Crippen molar-refractivity contribution in [1.82, 2.24) is 19.3 Å². The van der Waals surface area contributed by atoms with Gasteiger partial charge in [-0.2, -0.15) is 17.5 Å². The summed E-state index contributed by atoms with van der Waals surface area (Å²) in [6.45, 7) is 2.11. The smallest absolute Gasteiger partial charge is 0.422 e. The Kier molecular flexibility index (Phi) is 7.00. The van der Waals surface area contributed by atoms with Crippen LogP contribution in [-0.2, 0) is 10.0 Å². The molecule has 1 aliphatic heterocycles. The molecule has 0 bridgehead atoms. The Morgan fingerprint density at radius 2 is 1.97 bits per heavy atom. The lowest BCUT2D eigenvalue weighted by atomic mass is 10.2. The summed E-state index contributed by atoms with van der Waals surface area (Å²) in [6.07, 6.45) is -3.10. The van der Waals surface area contributed by atoms with Gasteiger partial charge < -0.3 is 14.2 Å². The first-order valence-corrected chi connectivity index (χ1v) is 11.3. The van der Waals surface area contributed by atoms with Crippen LogP contribution in [0, 0.1) is 13.8 Å². The number of ether oxygens (including phenoxy) is 1. The number of carbonyl (C=O) groups is 1. The fourth-order valence-corrected chi connectivity index (χ4v) is 5.27. The van der Waals surface area contributed by atoms with E-state index in [1.807, 2.05) is 0 Å². The topological polar surface area (TPSA) is 106 Å². The van der Waals surface area contributed by atoms with Crippen LogP contribution in [0.4, 0.5) is 13.2 Å². The summed E-state index contributed by atoms with van der Waals surface area (Å²) in [5.41, 5.74) is 0.310. The Balaban J connectivity index is 1.70. The van der Waals surface area contributed by atoms with Gasteiger partial charge in [0.1, 0.15) is 15.6 Å². The molecule has 0 atom stereocenters. The Morgan fingerprint density at radius 3 is 2.56 bits per heavy atom. The Morgan fingerprint density at radius 1 is 1.25 bits per heavy atom. The predicted octanol–water partition coefficient (Wildman–Crippen LogP) is 2.82. The number of nitrogens with zero attached hydrogens (tertiary/aromatic N) is 4. The predicted molar refractivity (Wildman–Crippen MR) is 106 cm³/mol. The first-order chi connectivity index (χ1) is 14.9. The number of alkyl halides is 3. The summed E-state index contributed by atoms with van der Waals surface area (Å²) in [7, 11) is -3.85. The molecule has 176 valence electrons. The van der Waals surface area contributed by atoms with Gasteiger partial charge >= 0.3 is 6.18 Å². The van der Waals surface area contributed by atoms with Crippen molar-refractivity contribution < 1.29 is 35.6 Å². The van der Waals surface area contributed by atoms with Crippen LogP contribution in [0.1, 0.15) is 28.2 Å². The summed E-state index contributed by atoms with van der Waals surface area (Å²) < 4.78 is 73.7. The zero-order valence-electron chi connectivity index (χ0n) is 17.1. The number of halogens is 4. The van der Waals surface area contributed by atoms with Crippen LogP contribution in [0.15, 0.2) is 21.7 Å². The number of rotatable bonds is 5. The highest BCUT2D eigenvalue weighted by Gasteiger charge is 2.33. The average molecular weight is 497 g/mol. The molecule has 1 saturated heterocycles. The number of pyridine rings is 1. The minimum atomic E-state index is -4.55. The van der Waals surface area contributed by atoms with Gasteiger partial charge in [0.05, 0.1) is 5.56 Å². The Hall–Kier alpha value is -2.38. The minimum absolute atomic E-state index is 0.0164. The molecule has 0 spiro atoms. The molecule has 9 nitrogen and oxygen atoms in total. The number of aryl methyl sites for hydroxylation is 2. The van der Waals surface area contributed by atoms with Crippen molar-refractivity contribution in [3.05, 3.63) is 34.3 Å². The van der Waals surface area contributed by atoms with Crippen LogP contribution in [0.3, 0.4) is 0 Å². The third-order valence-electron chi connectivity index (χ3n) is 4.73. The van der Waals surface area contributed by atoms with E-state index in [4.69, 9.17) is 16.1 Å². The van der Waals surface area contributed by atoms with Crippen LogP contribution in [0.25, 0.3) is 0 Å². The molecule has 0 unspecified atom stereocenters. The quantitative estimate of drug-likeness (QED) is 0.626. The van der Waals surface area contributed by atoms with Crippen LogP contribution < -0.4 is 4.74 Å². The summed E-state index contributed by atoms with van der Waals surface area (Å²) >= 11 is 5.92. The van der Waals surface area contributed by atoms with Gasteiger partial charge in [0, 0.05) is 32.4 Å². The molecule has 14 heteroatoms. The Labute approximate surface area is 187 Å². The molecule has 0 aliphatic carbocycles. The summed E-state index contributed by atoms with van der Waals surface area (Å²) in [5.74, 6) is -0.722. The van der Waals surface area contributed by atoms with Gasteiger partial charge in [-0.1, -0.05) is 16.8 Å². The van der Waals surface area contributed by atoms with Crippen LogP contribution in [0.5, 0.6) is 5.88 Å². The molecule has 1 amide bonds. The summed E-state index contributed by atoms with van der Waals surface area (Å²) in [6, 6.07) is 1.17. The average Bonchev–Trinajstić information content (AvgIpc) is 2.91. The Bertz CT molecular complexity index is 1090. The minimum Gasteiger partial charge on any atom is -0.467 e. The van der Waals surface area contributed by atoms with Gasteiger partial charge in [-0.25, -0.2) is 13.4 Å². The second-order valence-corrected chi connectivity index (χ2v) is 9.40. The van der Waals surface area contributed by atoms with Gasteiger partial charge in [0.2, 0.25) is 15.9 Å². The molecule has 2 aromatic rings. The second-order valence-electron chi connectivity index (χ2n) is 7.12. The highest BCUT2D eigenvalue weighted by molar-refractivity contribution is 7.89. The van der Waals surface area contributed by atoms with Crippen molar-refractivity contribution in [2.45, 2.75) is 31.3 Å². The van der Waals surface area contributed by atoms with Gasteiger partial charge in [-0.3, -0.25) is 4.79 Å². The third-order valence-corrected chi connectivity index (χ3v) is 7.15. The highest BCUT2D eigenvalue weighted by Crippen LogP contribution is 2.27. The molecule has 3 heterocycles. The number of carbonyl (C=O) groups excluding carboxylic acids is 1. The molecule has 0 aromatic carbocycles. The lowest BCUT2D eigenvalue weighted by molar-refractivity contribution is -0.154. The van der Waals surface area contributed by atoms with Crippen molar-refractivity contribution in [1.29, 1.82) is 0 Å². The first kappa shape index (κ1) is 24.3. The van der Waals surface area contributed by atoms with Crippen LogP contribution in [-0.4, -0.2) is 72.6 Å². The van der Waals surface area contributed by atoms with E-state index < -0.39 is 34.6 Å². The van der Waals surface area contributed by atoms with E-state index >= 15 is 0 Å². The fourth-order valence-electron chi connectivity index (χ4n) is 3.29. The van der Waals surface area contributed by atoms with Crippen molar-refractivity contribution in [3.8, 4) is 5.88 Å². The second kappa shape index (κ2) is 9.24. The van der Waals surface area contributed by atoms with Crippen molar-refractivity contribution in [3.63, 3.8) is 0 Å². The van der Waals surface area contributed by atoms with Crippen molar-refractivity contribution in [2.75, 3.05) is 32.8 Å². The van der Waals surface area contributed by atoms with Crippen LogP contribution in [0.2, 0.25) is 5.02 Å². The van der Waals surface area contributed by atoms with E-state index in [2.05, 4.69) is 14.9 Å². The van der Waals surface area contributed by atoms with Crippen molar-refractivity contribution in [2.24, 2.45) is 0 Å². The lowest BCUT2D eigenvalue weighted by Gasteiger charge is -2.22. The maximum Gasteiger partial charge on any atom is 0.422 e. The van der Waals surface area contributed by atoms with E-state index in [0.29, 0.717) is 6.42 Å². The first-order valence-electron chi connectivity index (χ1n) is 9.47. The maximum absolute atomic E-state index is 13.0. The van der Waals surface area contributed by atoms with E-state index in [1.165, 1.54) is 29.1 Å². The SMILES string of the molecule is Cc1noc(C)c1S(=O)(=O)N1CCCN(C(=O)c2cnc(OCC(F)(F)F)c(Cl)c2)CC1. The zero-order valence-corrected chi connectivity index (χ0v) is 18.7. The molecule has 1 aliphatic rings. The highest BCUT2D eigenvalue weighted by atomic mass is 35.5. The van der Waals surface area contributed by atoms with Gasteiger partial charge in [0.15, 0.2) is 12.4 Å². The normalized spacial score (nSPS) is 16.1. The van der Waals surface area contributed by atoms with Gasteiger partial charge in [0.25, 0.3) is 5.91 Å². The molecule has 2 aromatic heterocycles. The van der Waals surface area contributed by atoms with Gasteiger partial charge in [-0.05, 0) is 26.3 Å². The number of aromatic nitrogens is 2. The lowest BCUT2D eigenvalue weighted by Crippen LogP contribution is -2.37. The summed E-state index contributed by atoms with van der Waals surface area (Å²) in [4.78, 5) is 18.0. The maximum atomic E-state index is 13.0. The molecule has 0 N–H and O–H groups in total. The molecular formula is C18H20ClF3N4O5S. The number of sulfonamides is 1.